The molecular weight excluding hydrogens is 279 g/mol. The third-order valence-electron chi connectivity index (χ3n) is 3.10. The first-order chi connectivity index (χ1) is 9.88. The molecule has 2 rings (SSSR count). The van der Waals surface area contributed by atoms with E-state index in [9.17, 15) is 24.4 Å². The van der Waals surface area contributed by atoms with Crippen molar-refractivity contribution < 1.29 is 14.4 Å². The van der Waals surface area contributed by atoms with Crippen LogP contribution in [0.25, 0.3) is 0 Å². The Morgan fingerprint density at radius 2 is 2.14 bits per heavy atom. The number of pyridine rings is 1. The Hall–Kier alpha value is -2.54. The number of rotatable bonds is 4. The molecule has 0 amide bonds. The monoisotopic (exact) mass is 292 g/mol. The number of benzene rings is 1. The number of aromatic nitrogens is 1. The van der Waals surface area contributed by atoms with E-state index < -0.39 is 22.4 Å². The van der Waals surface area contributed by atoms with Crippen molar-refractivity contribution in [3.8, 4) is 0 Å². The Morgan fingerprint density at radius 3 is 2.76 bits per heavy atom. The maximum absolute atomic E-state index is 13.1. The molecular formula is C14H13FN2O4. The summed E-state index contributed by atoms with van der Waals surface area (Å²) in [5, 5.41) is 20.9. The van der Waals surface area contributed by atoms with E-state index in [1.807, 2.05) is 0 Å². The lowest BCUT2D eigenvalue weighted by molar-refractivity contribution is -0.386. The predicted octanol–water partition coefficient (Wildman–Crippen LogP) is 1.94. The first-order valence-corrected chi connectivity index (χ1v) is 6.17. The highest BCUT2D eigenvalue weighted by Gasteiger charge is 2.16. The van der Waals surface area contributed by atoms with E-state index in [4.69, 9.17) is 0 Å². The summed E-state index contributed by atoms with van der Waals surface area (Å²) in [6.45, 7) is 1.27. The Bertz CT molecular complexity index is 742. The van der Waals surface area contributed by atoms with Gasteiger partial charge in [0, 0.05) is 11.6 Å². The number of aliphatic hydroxyl groups is 1. The predicted molar refractivity (Wildman–Crippen MR) is 73.5 cm³/mol. The molecule has 21 heavy (non-hydrogen) atoms. The van der Waals surface area contributed by atoms with Gasteiger partial charge in [-0.2, -0.15) is 0 Å². The van der Waals surface area contributed by atoms with Gasteiger partial charge in [-0.05, 0) is 24.6 Å². The van der Waals surface area contributed by atoms with E-state index in [0.717, 1.165) is 22.9 Å². The zero-order valence-corrected chi connectivity index (χ0v) is 11.2. The van der Waals surface area contributed by atoms with Crippen molar-refractivity contribution >= 4 is 5.69 Å². The molecule has 0 fully saturated rings. The van der Waals surface area contributed by atoms with Gasteiger partial charge in [0.15, 0.2) is 0 Å². The normalized spacial score (nSPS) is 12.1. The third kappa shape index (κ3) is 3.32. The summed E-state index contributed by atoms with van der Waals surface area (Å²) in [4.78, 5) is 22.1. The lowest BCUT2D eigenvalue weighted by Crippen LogP contribution is -2.23. The van der Waals surface area contributed by atoms with Crippen LogP contribution in [0.3, 0.4) is 0 Å². The Kier molecular flexibility index (Phi) is 4.13. The molecule has 1 atom stereocenters. The Morgan fingerprint density at radius 1 is 1.43 bits per heavy atom. The molecule has 1 unspecified atom stereocenters. The van der Waals surface area contributed by atoms with Crippen molar-refractivity contribution in [1.29, 1.82) is 0 Å². The fourth-order valence-electron chi connectivity index (χ4n) is 1.99. The maximum Gasteiger partial charge on any atom is 0.288 e. The minimum absolute atomic E-state index is 0.191. The maximum atomic E-state index is 13.1. The standard InChI is InChI=1S/C14H13FN2O4/c1-9-5-14(19)16(7-12(9)17(20)21)8-13(18)10-3-2-4-11(15)6-10/h2-7,13,18H,8H2,1H3. The highest BCUT2D eigenvalue weighted by atomic mass is 19.1. The van der Waals surface area contributed by atoms with Crippen molar-refractivity contribution in [1.82, 2.24) is 4.57 Å². The van der Waals surface area contributed by atoms with Crippen molar-refractivity contribution in [3.05, 3.63) is 73.9 Å². The van der Waals surface area contributed by atoms with Gasteiger partial charge in [-0.1, -0.05) is 12.1 Å². The van der Waals surface area contributed by atoms with Crippen LogP contribution in [0.4, 0.5) is 10.1 Å². The average Bonchev–Trinajstić information content (AvgIpc) is 2.41. The van der Waals surface area contributed by atoms with Crippen molar-refractivity contribution in [2.45, 2.75) is 19.6 Å². The molecule has 2 aromatic rings. The van der Waals surface area contributed by atoms with Crippen LogP contribution in [0.15, 0.2) is 41.3 Å². The molecule has 0 saturated heterocycles. The molecule has 0 aliphatic carbocycles. The fraction of sp³-hybridized carbons (Fsp3) is 0.214. The lowest BCUT2D eigenvalue weighted by Gasteiger charge is -2.13. The zero-order chi connectivity index (χ0) is 15.6. The number of aryl methyl sites for hydroxylation is 1. The summed E-state index contributed by atoms with van der Waals surface area (Å²) >= 11 is 0. The molecule has 0 bridgehead atoms. The summed E-state index contributed by atoms with van der Waals surface area (Å²) in [7, 11) is 0. The number of hydrogen-bond acceptors (Lipinski definition) is 4. The quantitative estimate of drug-likeness (QED) is 0.689. The van der Waals surface area contributed by atoms with Crippen LogP contribution in [0.2, 0.25) is 0 Å². The minimum Gasteiger partial charge on any atom is -0.387 e. The Balaban J connectivity index is 2.33. The number of halogens is 1. The van der Waals surface area contributed by atoms with E-state index in [2.05, 4.69) is 0 Å². The van der Waals surface area contributed by atoms with Crippen molar-refractivity contribution in [3.63, 3.8) is 0 Å². The van der Waals surface area contributed by atoms with Crippen LogP contribution >= 0.6 is 0 Å². The number of nitro groups is 1. The number of aliphatic hydroxyl groups excluding tert-OH is 1. The largest absolute Gasteiger partial charge is 0.387 e. The zero-order valence-electron chi connectivity index (χ0n) is 11.2. The van der Waals surface area contributed by atoms with Gasteiger partial charge < -0.3 is 9.67 Å². The van der Waals surface area contributed by atoms with E-state index in [-0.39, 0.29) is 17.8 Å². The highest BCUT2D eigenvalue weighted by molar-refractivity contribution is 5.35. The van der Waals surface area contributed by atoms with Crippen LogP contribution < -0.4 is 5.56 Å². The SMILES string of the molecule is Cc1cc(=O)n(CC(O)c2cccc(F)c2)cc1[N+](=O)[O-]. The topological polar surface area (TPSA) is 85.4 Å². The van der Waals surface area contributed by atoms with Crippen LogP contribution in [0.5, 0.6) is 0 Å². The van der Waals surface area contributed by atoms with Crippen molar-refractivity contribution in [2.75, 3.05) is 0 Å². The van der Waals surface area contributed by atoms with Crippen LogP contribution in [0, 0.1) is 22.9 Å². The smallest absolute Gasteiger partial charge is 0.288 e. The van der Waals surface area contributed by atoms with Gasteiger partial charge in [-0.3, -0.25) is 14.9 Å². The molecule has 1 aromatic heterocycles. The summed E-state index contributed by atoms with van der Waals surface area (Å²) in [5.41, 5.74) is -0.124. The molecule has 1 heterocycles. The molecule has 6 nitrogen and oxygen atoms in total. The van der Waals surface area contributed by atoms with Gasteiger partial charge in [-0.15, -0.1) is 0 Å². The molecule has 0 aliphatic heterocycles. The van der Waals surface area contributed by atoms with Crippen LogP contribution in [-0.2, 0) is 6.54 Å². The van der Waals surface area contributed by atoms with Gasteiger partial charge in [0.2, 0.25) is 0 Å². The van der Waals surface area contributed by atoms with Gasteiger partial charge in [0.1, 0.15) is 5.82 Å². The Labute approximate surface area is 119 Å². The average molecular weight is 292 g/mol. The van der Waals surface area contributed by atoms with E-state index in [1.165, 1.54) is 25.1 Å². The number of nitrogens with zero attached hydrogens (tertiary/aromatic N) is 2. The second kappa shape index (κ2) is 5.84. The summed E-state index contributed by atoms with van der Waals surface area (Å²) in [6, 6.07) is 6.48. The molecule has 1 N–H and O–H groups in total. The fourth-order valence-corrected chi connectivity index (χ4v) is 1.99. The summed E-state index contributed by atoms with van der Waals surface area (Å²) in [5.74, 6) is -0.506. The highest BCUT2D eigenvalue weighted by Crippen LogP contribution is 2.18. The van der Waals surface area contributed by atoms with Crippen molar-refractivity contribution in [2.24, 2.45) is 0 Å². The second-order valence-corrected chi connectivity index (χ2v) is 4.66. The first kappa shape index (κ1) is 14.9. The molecule has 110 valence electrons. The molecule has 0 spiro atoms. The second-order valence-electron chi connectivity index (χ2n) is 4.66. The molecule has 7 heteroatoms. The summed E-state index contributed by atoms with van der Waals surface area (Å²) in [6.07, 6.45) is -0.0547. The van der Waals surface area contributed by atoms with E-state index in [0.29, 0.717) is 5.56 Å². The van der Waals surface area contributed by atoms with E-state index >= 15 is 0 Å². The first-order valence-electron chi connectivity index (χ1n) is 6.17. The molecule has 0 saturated carbocycles. The van der Waals surface area contributed by atoms with E-state index in [1.54, 1.807) is 0 Å². The van der Waals surface area contributed by atoms with Crippen LogP contribution in [0.1, 0.15) is 17.2 Å². The third-order valence-corrected chi connectivity index (χ3v) is 3.10. The summed E-state index contributed by atoms with van der Waals surface area (Å²) < 4.78 is 14.1. The van der Waals surface area contributed by atoms with Gasteiger partial charge in [0.25, 0.3) is 11.2 Å². The van der Waals surface area contributed by atoms with Gasteiger partial charge in [0.05, 0.1) is 23.8 Å². The molecule has 0 radical (unpaired) electrons. The van der Waals surface area contributed by atoms with Gasteiger partial charge in [-0.25, -0.2) is 4.39 Å². The van der Waals surface area contributed by atoms with Gasteiger partial charge >= 0.3 is 0 Å². The lowest BCUT2D eigenvalue weighted by atomic mass is 10.1. The minimum atomic E-state index is -1.14. The molecule has 1 aromatic carbocycles. The number of hydrogen-bond donors (Lipinski definition) is 1. The molecule has 0 aliphatic rings. The van der Waals surface area contributed by atoms with Crippen LogP contribution in [-0.4, -0.2) is 14.6 Å².